The van der Waals surface area contributed by atoms with Gasteiger partial charge in [0.05, 0.1) is 5.69 Å². The van der Waals surface area contributed by atoms with Crippen LogP contribution in [0.25, 0.3) is 5.95 Å². The summed E-state index contributed by atoms with van der Waals surface area (Å²) in [6.45, 7) is 8.08. The molecule has 0 saturated carbocycles. The van der Waals surface area contributed by atoms with Crippen LogP contribution in [0, 0.1) is 20.8 Å². The second-order valence-electron chi connectivity index (χ2n) is 6.57. The van der Waals surface area contributed by atoms with Gasteiger partial charge in [0.2, 0.25) is 5.95 Å². The number of aromatic amines is 1. The fraction of sp³-hybridized carbons (Fsp3) is 0.500. The molecular weight excluding hydrogens is 328 g/mol. The number of hydrogen-bond acceptors (Lipinski definition) is 6. The average Bonchev–Trinajstić information content (AvgIpc) is 3.17. The van der Waals surface area contributed by atoms with E-state index in [0.29, 0.717) is 17.7 Å². The standard InChI is InChI=1S/C18H26N8/c1-5-6-7-8-9-15-20-17(24-23-15)21-16-11-12(2)19-18(22-16)26-14(4)10-13(3)25-26/h10-11H,5-9H2,1-4H3,(H2,19,20,21,22,23,24). The van der Waals surface area contributed by atoms with Crippen LogP contribution in [0.2, 0.25) is 0 Å². The van der Waals surface area contributed by atoms with Crippen molar-refractivity contribution in [3.8, 4) is 5.95 Å². The maximum absolute atomic E-state index is 4.55. The fourth-order valence-corrected chi connectivity index (χ4v) is 2.84. The van der Waals surface area contributed by atoms with Crippen LogP contribution >= 0.6 is 0 Å². The number of nitrogens with zero attached hydrogens (tertiary/aromatic N) is 6. The highest BCUT2D eigenvalue weighted by molar-refractivity contribution is 5.49. The van der Waals surface area contributed by atoms with Crippen molar-refractivity contribution >= 4 is 11.8 Å². The molecule has 0 bridgehead atoms. The summed E-state index contributed by atoms with van der Waals surface area (Å²) in [4.78, 5) is 13.5. The summed E-state index contributed by atoms with van der Waals surface area (Å²) in [6.07, 6.45) is 5.74. The Morgan fingerprint density at radius 2 is 1.85 bits per heavy atom. The molecule has 0 aromatic carbocycles. The van der Waals surface area contributed by atoms with Gasteiger partial charge >= 0.3 is 0 Å². The number of nitrogens with one attached hydrogen (secondary N) is 2. The van der Waals surface area contributed by atoms with Gasteiger partial charge in [-0.2, -0.15) is 15.1 Å². The van der Waals surface area contributed by atoms with Crippen LogP contribution in [0.1, 0.15) is 55.5 Å². The summed E-state index contributed by atoms with van der Waals surface area (Å²) in [7, 11) is 0. The molecule has 8 nitrogen and oxygen atoms in total. The van der Waals surface area contributed by atoms with Crippen LogP contribution in [0.4, 0.5) is 11.8 Å². The van der Waals surface area contributed by atoms with Crippen LogP contribution in [0.15, 0.2) is 12.1 Å². The molecule has 3 heterocycles. The summed E-state index contributed by atoms with van der Waals surface area (Å²) in [6, 6.07) is 3.87. The van der Waals surface area contributed by atoms with Gasteiger partial charge in [0, 0.05) is 23.9 Å². The van der Waals surface area contributed by atoms with Crippen molar-refractivity contribution in [3.05, 3.63) is 35.0 Å². The lowest BCUT2D eigenvalue weighted by atomic mass is 10.1. The number of aromatic nitrogens is 7. The predicted octanol–water partition coefficient (Wildman–Crippen LogP) is 3.57. The van der Waals surface area contributed by atoms with Gasteiger partial charge in [-0.3, -0.25) is 5.10 Å². The van der Waals surface area contributed by atoms with E-state index < -0.39 is 0 Å². The van der Waals surface area contributed by atoms with Gasteiger partial charge in [-0.1, -0.05) is 26.2 Å². The predicted molar refractivity (Wildman–Crippen MR) is 101 cm³/mol. The lowest BCUT2D eigenvalue weighted by Gasteiger charge is -2.07. The van der Waals surface area contributed by atoms with Gasteiger partial charge in [-0.05, 0) is 33.3 Å². The number of anilines is 2. The molecule has 3 aromatic heterocycles. The lowest BCUT2D eigenvalue weighted by Crippen LogP contribution is -2.08. The van der Waals surface area contributed by atoms with E-state index in [1.807, 2.05) is 32.9 Å². The molecule has 0 atom stereocenters. The minimum Gasteiger partial charge on any atom is -0.307 e. The van der Waals surface area contributed by atoms with Gasteiger partial charge in [-0.25, -0.2) is 9.67 Å². The van der Waals surface area contributed by atoms with Crippen LogP contribution in [-0.2, 0) is 6.42 Å². The average molecular weight is 354 g/mol. The van der Waals surface area contributed by atoms with E-state index in [4.69, 9.17) is 0 Å². The molecule has 8 heteroatoms. The zero-order valence-electron chi connectivity index (χ0n) is 15.9. The highest BCUT2D eigenvalue weighted by Gasteiger charge is 2.11. The molecule has 0 spiro atoms. The molecule has 0 amide bonds. The van der Waals surface area contributed by atoms with E-state index in [-0.39, 0.29) is 0 Å². The Morgan fingerprint density at radius 3 is 2.58 bits per heavy atom. The first-order valence-corrected chi connectivity index (χ1v) is 9.13. The Morgan fingerprint density at radius 1 is 1.00 bits per heavy atom. The maximum Gasteiger partial charge on any atom is 0.252 e. The minimum atomic E-state index is 0.521. The Hall–Kier alpha value is -2.77. The first-order valence-electron chi connectivity index (χ1n) is 9.13. The Kier molecular flexibility index (Phi) is 5.60. The third-order valence-corrected chi connectivity index (χ3v) is 4.08. The molecule has 26 heavy (non-hydrogen) atoms. The van der Waals surface area contributed by atoms with E-state index in [0.717, 1.165) is 35.7 Å². The van der Waals surface area contributed by atoms with Gasteiger partial charge in [-0.15, -0.1) is 5.10 Å². The molecule has 2 N–H and O–H groups in total. The van der Waals surface area contributed by atoms with Crippen molar-refractivity contribution in [2.75, 3.05) is 5.32 Å². The van der Waals surface area contributed by atoms with E-state index in [2.05, 4.69) is 42.5 Å². The van der Waals surface area contributed by atoms with Crippen LogP contribution < -0.4 is 5.32 Å². The van der Waals surface area contributed by atoms with Crippen LogP contribution in [0.3, 0.4) is 0 Å². The third kappa shape index (κ3) is 4.44. The Bertz CT molecular complexity index is 864. The smallest absolute Gasteiger partial charge is 0.252 e. The molecule has 138 valence electrons. The number of unbranched alkanes of at least 4 members (excludes halogenated alkanes) is 3. The highest BCUT2D eigenvalue weighted by Crippen LogP contribution is 2.15. The molecule has 0 unspecified atom stereocenters. The van der Waals surface area contributed by atoms with Crippen molar-refractivity contribution < 1.29 is 0 Å². The number of hydrogen-bond donors (Lipinski definition) is 2. The summed E-state index contributed by atoms with van der Waals surface area (Å²) in [5.74, 6) is 2.60. The molecule has 0 saturated heterocycles. The van der Waals surface area contributed by atoms with E-state index in [1.165, 1.54) is 19.3 Å². The summed E-state index contributed by atoms with van der Waals surface area (Å²) < 4.78 is 1.74. The first kappa shape index (κ1) is 18.0. The summed E-state index contributed by atoms with van der Waals surface area (Å²) in [5, 5.41) is 14.8. The largest absolute Gasteiger partial charge is 0.307 e. The fourth-order valence-electron chi connectivity index (χ4n) is 2.84. The molecule has 0 fully saturated rings. The van der Waals surface area contributed by atoms with Crippen molar-refractivity contribution in [1.29, 1.82) is 0 Å². The van der Waals surface area contributed by atoms with Crippen molar-refractivity contribution in [2.24, 2.45) is 0 Å². The SMILES string of the molecule is CCCCCCc1nc(Nc2cc(C)nc(-n3nc(C)cc3C)n2)n[nH]1. The molecule has 0 radical (unpaired) electrons. The van der Waals surface area contributed by atoms with Gasteiger partial charge in [0.15, 0.2) is 0 Å². The lowest BCUT2D eigenvalue weighted by molar-refractivity contribution is 0.653. The van der Waals surface area contributed by atoms with Crippen molar-refractivity contribution in [2.45, 2.75) is 59.8 Å². The topological polar surface area (TPSA) is 97.2 Å². The van der Waals surface area contributed by atoms with Gasteiger partial charge in [0.1, 0.15) is 11.6 Å². The summed E-state index contributed by atoms with van der Waals surface area (Å²) >= 11 is 0. The van der Waals surface area contributed by atoms with Crippen LogP contribution in [-0.4, -0.2) is 34.9 Å². The monoisotopic (exact) mass is 354 g/mol. The number of rotatable bonds is 8. The number of aryl methyl sites for hydroxylation is 4. The zero-order valence-corrected chi connectivity index (χ0v) is 15.9. The van der Waals surface area contributed by atoms with Crippen LogP contribution in [0.5, 0.6) is 0 Å². The quantitative estimate of drug-likeness (QED) is 0.600. The highest BCUT2D eigenvalue weighted by atomic mass is 15.4. The first-order chi connectivity index (χ1) is 12.5. The van der Waals surface area contributed by atoms with E-state index in [9.17, 15) is 0 Å². The van der Waals surface area contributed by atoms with Gasteiger partial charge < -0.3 is 5.32 Å². The van der Waals surface area contributed by atoms with Crippen molar-refractivity contribution in [3.63, 3.8) is 0 Å². The second-order valence-corrected chi connectivity index (χ2v) is 6.57. The Balaban J connectivity index is 1.72. The normalized spacial score (nSPS) is 11.1. The number of H-pyrrole nitrogens is 1. The molecule has 3 rings (SSSR count). The Labute approximate surface area is 153 Å². The van der Waals surface area contributed by atoms with Crippen molar-refractivity contribution in [1.82, 2.24) is 34.9 Å². The van der Waals surface area contributed by atoms with E-state index in [1.54, 1.807) is 4.68 Å². The summed E-state index contributed by atoms with van der Waals surface area (Å²) in [5.41, 5.74) is 2.77. The van der Waals surface area contributed by atoms with Gasteiger partial charge in [0.25, 0.3) is 5.95 Å². The third-order valence-electron chi connectivity index (χ3n) is 4.08. The maximum atomic E-state index is 4.55. The molecule has 3 aromatic rings. The second kappa shape index (κ2) is 8.07. The molecular formula is C18H26N8. The molecule has 0 aliphatic rings. The zero-order chi connectivity index (χ0) is 18.5. The molecule has 0 aliphatic carbocycles. The minimum absolute atomic E-state index is 0.521. The van der Waals surface area contributed by atoms with E-state index >= 15 is 0 Å². The molecule has 0 aliphatic heterocycles.